The van der Waals surface area contributed by atoms with Crippen LogP contribution in [-0.4, -0.2) is 11.8 Å². The zero-order chi connectivity index (χ0) is 14.8. The highest BCUT2D eigenvalue weighted by molar-refractivity contribution is 5.99. The highest BCUT2D eigenvalue weighted by Gasteiger charge is 2.18. The molecule has 0 atom stereocenters. The molecule has 2 aromatic rings. The van der Waals surface area contributed by atoms with Crippen molar-refractivity contribution in [2.45, 2.75) is 19.8 Å². The quantitative estimate of drug-likeness (QED) is 0.908. The van der Waals surface area contributed by atoms with Crippen LogP contribution >= 0.6 is 0 Å². The minimum atomic E-state index is -0.0541. The molecule has 1 aliphatic heterocycles. The molecule has 4 nitrogen and oxygen atoms in total. The number of fused-ring (bicyclic) bond motifs is 1. The van der Waals surface area contributed by atoms with Crippen molar-refractivity contribution < 1.29 is 9.59 Å². The van der Waals surface area contributed by atoms with Crippen molar-refractivity contribution in [2.24, 2.45) is 0 Å². The summed E-state index contributed by atoms with van der Waals surface area (Å²) >= 11 is 0. The molecule has 0 unspecified atom stereocenters. The van der Waals surface area contributed by atoms with E-state index in [0.29, 0.717) is 12.8 Å². The van der Waals surface area contributed by atoms with E-state index in [9.17, 15) is 9.59 Å². The van der Waals surface area contributed by atoms with Gasteiger partial charge < -0.3 is 10.6 Å². The van der Waals surface area contributed by atoms with E-state index in [-0.39, 0.29) is 11.8 Å². The standard InChI is InChI=1S/C17H16N2O2/c1-11-4-2-3-5-14(11)18-16(20)9-12-6-7-15-13(8-12)10-17(21)19-15/h2-8H,9-10H2,1H3,(H,18,20)(H,19,21). The number of aryl methyl sites for hydroxylation is 1. The zero-order valence-corrected chi connectivity index (χ0v) is 11.8. The molecule has 0 saturated carbocycles. The third kappa shape index (κ3) is 2.94. The van der Waals surface area contributed by atoms with E-state index in [2.05, 4.69) is 10.6 Å². The van der Waals surface area contributed by atoms with Gasteiger partial charge in [0.1, 0.15) is 0 Å². The summed E-state index contributed by atoms with van der Waals surface area (Å²) in [5.41, 5.74) is 4.59. The van der Waals surface area contributed by atoms with Crippen molar-refractivity contribution in [2.75, 3.05) is 10.6 Å². The van der Waals surface area contributed by atoms with Gasteiger partial charge in [-0.05, 0) is 35.7 Å². The molecular weight excluding hydrogens is 264 g/mol. The number of benzene rings is 2. The molecule has 2 N–H and O–H groups in total. The Balaban J connectivity index is 1.70. The lowest BCUT2D eigenvalue weighted by Gasteiger charge is -2.08. The maximum Gasteiger partial charge on any atom is 0.228 e. The molecule has 1 aliphatic rings. The van der Waals surface area contributed by atoms with Crippen LogP contribution in [0.1, 0.15) is 16.7 Å². The first kappa shape index (κ1) is 13.4. The van der Waals surface area contributed by atoms with E-state index in [1.807, 2.05) is 49.4 Å². The van der Waals surface area contributed by atoms with Crippen LogP contribution in [0.5, 0.6) is 0 Å². The molecule has 0 spiro atoms. The summed E-state index contributed by atoms with van der Waals surface area (Å²) < 4.78 is 0. The zero-order valence-electron chi connectivity index (χ0n) is 11.8. The Hall–Kier alpha value is -2.62. The van der Waals surface area contributed by atoms with Gasteiger partial charge in [0.2, 0.25) is 11.8 Å². The van der Waals surface area contributed by atoms with Gasteiger partial charge >= 0.3 is 0 Å². The van der Waals surface area contributed by atoms with Crippen LogP contribution in [-0.2, 0) is 22.4 Å². The summed E-state index contributed by atoms with van der Waals surface area (Å²) in [6.45, 7) is 1.96. The molecule has 0 bridgehead atoms. The van der Waals surface area contributed by atoms with Crippen molar-refractivity contribution >= 4 is 23.2 Å². The van der Waals surface area contributed by atoms with Gasteiger partial charge in [0.15, 0.2) is 0 Å². The fourth-order valence-corrected chi connectivity index (χ4v) is 2.49. The first-order chi connectivity index (χ1) is 10.1. The Labute approximate surface area is 123 Å². The Morgan fingerprint density at radius 3 is 2.86 bits per heavy atom. The van der Waals surface area contributed by atoms with E-state index in [1.54, 1.807) is 0 Å². The van der Waals surface area contributed by atoms with Gasteiger partial charge in [-0.25, -0.2) is 0 Å². The number of hydrogen-bond donors (Lipinski definition) is 2. The van der Waals surface area contributed by atoms with Gasteiger partial charge in [-0.3, -0.25) is 9.59 Å². The second-order valence-corrected chi connectivity index (χ2v) is 5.26. The fraction of sp³-hybridized carbons (Fsp3) is 0.176. The highest BCUT2D eigenvalue weighted by atomic mass is 16.2. The third-order valence-corrected chi connectivity index (χ3v) is 3.58. The average Bonchev–Trinajstić information content (AvgIpc) is 2.80. The maximum absolute atomic E-state index is 12.1. The van der Waals surface area contributed by atoms with Crippen LogP contribution in [0.25, 0.3) is 0 Å². The van der Waals surface area contributed by atoms with Crippen LogP contribution in [0.2, 0.25) is 0 Å². The molecule has 0 saturated heterocycles. The molecule has 2 aromatic carbocycles. The predicted molar refractivity (Wildman–Crippen MR) is 82.3 cm³/mol. The first-order valence-corrected chi connectivity index (χ1v) is 6.89. The monoisotopic (exact) mass is 280 g/mol. The molecule has 2 amide bonds. The molecule has 0 aliphatic carbocycles. The van der Waals surface area contributed by atoms with E-state index in [0.717, 1.165) is 28.1 Å². The van der Waals surface area contributed by atoms with E-state index < -0.39 is 0 Å². The summed E-state index contributed by atoms with van der Waals surface area (Å²) in [4.78, 5) is 23.4. The number of amides is 2. The first-order valence-electron chi connectivity index (χ1n) is 6.89. The average molecular weight is 280 g/mol. The second kappa shape index (κ2) is 5.40. The molecule has 3 rings (SSSR count). The number of carbonyl (C=O) groups is 2. The van der Waals surface area contributed by atoms with Crippen LogP contribution in [0.15, 0.2) is 42.5 Å². The third-order valence-electron chi connectivity index (χ3n) is 3.58. The van der Waals surface area contributed by atoms with Crippen molar-refractivity contribution in [3.8, 4) is 0 Å². The summed E-state index contributed by atoms with van der Waals surface area (Å²) in [7, 11) is 0. The molecular formula is C17H16N2O2. The van der Waals surface area contributed by atoms with Crippen LogP contribution in [0, 0.1) is 6.92 Å². The van der Waals surface area contributed by atoms with Crippen molar-refractivity contribution in [1.82, 2.24) is 0 Å². The Kier molecular flexibility index (Phi) is 3.44. The Morgan fingerprint density at radius 1 is 1.24 bits per heavy atom. The summed E-state index contributed by atoms with van der Waals surface area (Å²) in [6, 6.07) is 13.3. The fourth-order valence-electron chi connectivity index (χ4n) is 2.49. The molecule has 4 heteroatoms. The van der Waals surface area contributed by atoms with Gasteiger partial charge in [-0.1, -0.05) is 30.3 Å². The topological polar surface area (TPSA) is 58.2 Å². The lowest BCUT2D eigenvalue weighted by molar-refractivity contribution is -0.116. The maximum atomic E-state index is 12.1. The molecule has 0 fully saturated rings. The molecule has 1 heterocycles. The number of hydrogen-bond acceptors (Lipinski definition) is 2. The van der Waals surface area contributed by atoms with E-state index in [4.69, 9.17) is 0 Å². The number of nitrogens with one attached hydrogen (secondary N) is 2. The smallest absolute Gasteiger partial charge is 0.228 e. The summed E-state index contributed by atoms with van der Waals surface area (Å²) in [5, 5.41) is 5.70. The number of carbonyl (C=O) groups excluding carboxylic acids is 2. The van der Waals surface area contributed by atoms with Crippen molar-refractivity contribution in [1.29, 1.82) is 0 Å². The van der Waals surface area contributed by atoms with E-state index >= 15 is 0 Å². The summed E-state index contributed by atoms with van der Waals surface area (Å²) in [6.07, 6.45) is 0.693. The van der Waals surface area contributed by atoms with Crippen LogP contribution in [0.3, 0.4) is 0 Å². The Bertz CT molecular complexity index is 722. The van der Waals surface area contributed by atoms with Crippen molar-refractivity contribution in [3.05, 3.63) is 59.2 Å². The SMILES string of the molecule is Cc1ccccc1NC(=O)Cc1ccc2c(c1)CC(=O)N2. The lowest BCUT2D eigenvalue weighted by Crippen LogP contribution is -2.15. The minimum absolute atomic E-state index is 0.00603. The largest absolute Gasteiger partial charge is 0.326 e. The number of anilines is 2. The highest BCUT2D eigenvalue weighted by Crippen LogP contribution is 2.24. The van der Waals surface area contributed by atoms with Crippen LogP contribution in [0.4, 0.5) is 11.4 Å². The molecule has 0 aromatic heterocycles. The van der Waals surface area contributed by atoms with Gasteiger partial charge in [-0.2, -0.15) is 0 Å². The second-order valence-electron chi connectivity index (χ2n) is 5.26. The van der Waals surface area contributed by atoms with E-state index in [1.165, 1.54) is 0 Å². The van der Waals surface area contributed by atoms with Gasteiger partial charge in [0.05, 0.1) is 12.8 Å². The van der Waals surface area contributed by atoms with Gasteiger partial charge in [-0.15, -0.1) is 0 Å². The molecule has 106 valence electrons. The van der Waals surface area contributed by atoms with Crippen molar-refractivity contribution in [3.63, 3.8) is 0 Å². The number of para-hydroxylation sites is 1. The lowest BCUT2D eigenvalue weighted by atomic mass is 10.1. The molecule has 21 heavy (non-hydrogen) atoms. The van der Waals surface area contributed by atoms with Gasteiger partial charge in [0, 0.05) is 11.4 Å². The molecule has 0 radical (unpaired) electrons. The normalized spacial score (nSPS) is 12.7. The minimum Gasteiger partial charge on any atom is -0.326 e. The summed E-state index contributed by atoms with van der Waals surface area (Å²) in [5.74, 6) is -0.0481. The van der Waals surface area contributed by atoms with Gasteiger partial charge in [0.25, 0.3) is 0 Å². The predicted octanol–water partition coefficient (Wildman–Crippen LogP) is 2.67. The number of rotatable bonds is 3. The van der Waals surface area contributed by atoms with Crippen LogP contribution < -0.4 is 10.6 Å². The Morgan fingerprint density at radius 2 is 2.05 bits per heavy atom.